The van der Waals surface area contributed by atoms with Crippen LogP contribution in [0.1, 0.15) is 12.6 Å². The topological polar surface area (TPSA) is 158 Å². The standard InChI is InChI=1S/C14H23N7O4/c1-20(3-2-4-24-16)5-8-10(22)11(23)14(25-8)21-7-19-9-12(15)17-6-18-13(9)21/h6-8,10-11,14,22-23H,2-5,16H2,1H3,(H2,15,17,18). The number of aliphatic hydroxyl groups is 2. The molecule has 1 saturated heterocycles. The van der Waals surface area contributed by atoms with Crippen LogP contribution in [0.3, 0.4) is 0 Å². The number of hydrogen-bond donors (Lipinski definition) is 4. The quantitative estimate of drug-likeness (QED) is 0.332. The lowest BCUT2D eigenvalue weighted by atomic mass is 10.1. The van der Waals surface area contributed by atoms with E-state index in [-0.39, 0.29) is 5.82 Å². The van der Waals surface area contributed by atoms with Crippen molar-refractivity contribution in [3.8, 4) is 0 Å². The van der Waals surface area contributed by atoms with E-state index in [0.717, 1.165) is 13.0 Å². The average molecular weight is 353 g/mol. The number of aromatic nitrogens is 4. The number of fused-ring (bicyclic) bond motifs is 1. The van der Waals surface area contributed by atoms with Gasteiger partial charge in [0.15, 0.2) is 17.7 Å². The Hall–Kier alpha value is -1.89. The highest BCUT2D eigenvalue weighted by atomic mass is 16.6. The van der Waals surface area contributed by atoms with Crippen molar-refractivity contribution in [1.29, 1.82) is 0 Å². The van der Waals surface area contributed by atoms with Crippen LogP contribution in [0.15, 0.2) is 12.7 Å². The van der Waals surface area contributed by atoms with Gasteiger partial charge in [0.1, 0.15) is 30.2 Å². The Morgan fingerprint density at radius 2 is 2.12 bits per heavy atom. The first-order chi connectivity index (χ1) is 12.0. The summed E-state index contributed by atoms with van der Waals surface area (Å²) in [6.45, 7) is 1.62. The first kappa shape index (κ1) is 17.9. The zero-order valence-electron chi connectivity index (χ0n) is 13.9. The van der Waals surface area contributed by atoms with E-state index in [1.807, 2.05) is 11.9 Å². The van der Waals surface area contributed by atoms with Gasteiger partial charge in [-0.25, -0.2) is 20.8 Å². The van der Waals surface area contributed by atoms with Gasteiger partial charge in [0.25, 0.3) is 0 Å². The normalized spacial score (nSPS) is 26.8. The highest BCUT2D eigenvalue weighted by Crippen LogP contribution is 2.32. The lowest BCUT2D eigenvalue weighted by Crippen LogP contribution is -2.39. The lowest BCUT2D eigenvalue weighted by molar-refractivity contribution is -0.0425. The SMILES string of the molecule is CN(CCCON)CC1OC(n2cnc3c(N)ncnc32)C(O)C1O. The maximum absolute atomic E-state index is 10.4. The van der Waals surface area contributed by atoms with Crippen molar-refractivity contribution in [3.63, 3.8) is 0 Å². The number of hydrogen-bond acceptors (Lipinski definition) is 10. The first-order valence-corrected chi connectivity index (χ1v) is 7.97. The van der Waals surface area contributed by atoms with Gasteiger partial charge in [-0.2, -0.15) is 0 Å². The summed E-state index contributed by atoms with van der Waals surface area (Å²) in [5.41, 5.74) is 6.64. The molecule has 0 aromatic carbocycles. The van der Waals surface area contributed by atoms with Crippen LogP contribution < -0.4 is 11.6 Å². The molecule has 138 valence electrons. The van der Waals surface area contributed by atoms with Gasteiger partial charge < -0.3 is 30.4 Å². The molecule has 0 amide bonds. The first-order valence-electron chi connectivity index (χ1n) is 7.97. The number of likely N-dealkylation sites (N-methyl/N-ethyl adjacent to an activating group) is 1. The van der Waals surface area contributed by atoms with E-state index in [1.165, 1.54) is 12.7 Å². The third-order valence-electron chi connectivity index (χ3n) is 4.29. The molecule has 0 aliphatic carbocycles. The minimum absolute atomic E-state index is 0.246. The number of imidazole rings is 1. The van der Waals surface area contributed by atoms with Gasteiger partial charge in [-0.05, 0) is 13.5 Å². The van der Waals surface area contributed by atoms with Crippen molar-refractivity contribution in [1.82, 2.24) is 24.4 Å². The fourth-order valence-electron chi connectivity index (χ4n) is 2.98. The minimum Gasteiger partial charge on any atom is -0.387 e. The number of nitrogens with two attached hydrogens (primary N) is 2. The van der Waals surface area contributed by atoms with E-state index in [0.29, 0.717) is 24.3 Å². The van der Waals surface area contributed by atoms with Crippen LogP contribution >= 0.6 is 0 Å². The molecule has 3 rings (SSSR count). The second-order valence-electron chi connectivity index (χ2n) is 6.12. The van der Waals surface area contributed by atoms with E-state index < -0.39 is 24.5 Å². The number of ether oxygens (including phenoxy) is 1. The van der Waals surface area contributed by atoms with Gasteiger partial charge in [-0.1, -0.05) is 0 Å². The molecule has 1 fully saturated rings. The Kier molecular flexibility index (Phi) is 5.42. The monoisotopic (exact) mass is 353 g/mol. The molecule has 0 radical (unpaired) electrons. The second-order valence-corrected chi connectivity index (χ2v) is 6.12. The summed E-state index contributed by atoms with van der Waals surface area (Å²) in [6, 6.07) is 0. The summed E-state index contributed by atoms with van der Waals surface area (Å²) in [5.74, 6) is 5.25. The number of anilines is 1. The van der Waals surface area contributed by atoms with Gasteiger partial charge in [-0.15, -0.1) is 0 Å². The molecule has 11 heteroatoms. The second kappa shape index (κ2) is 7.56. The Balaban J connectivity index is 1.72. The number of nitrogens with zero attached hydrogens (tertiary/aromatic N) is 5. The molecule has 0 bridgehead atoms. The van der Waals surface area contributed by atoms with E-state index >= 15 is 0 Å². The van der Waals surface area contributed by atoms with Crippen LogP contribution in [0.25, 0.3) is 11.2 Å². The van der Waals surface area contributed by atoms with Gasteiger partial charge in [0.05, 0.1) is 12.9 Å². The lowest BCUT2D eigenvalue weighted by Gasteiger charge is -2.22. The Bertz CT molecular complexity index is 712. The molecule has 4 atom stereocenters. The summed E-state index contributed by atoms with van der Waals surface area (Å²) in [6.07, 6.45) is 0.0403. The van der Waals surface area contributed by atoms with Crippen molar-refractivity contribution in [2.24, 2.45) is 5.90 Å². The molecule has 4 unspecified atom stereocenters. The summed E-state index contributed by atoms with van der Waals surface area (Å²) in [7, 11) is 1.90. The third-order valence-corrected chi connectivity index (χ3v) is 4.29. The van der Waals surface area contributed by atoms with Crippen LogP contribution in [-0.2, 0) is 9.57 Å². The molecular formula is C14H23N7O4. The molecule has 2 aromatic rings. The van der Waals surface area contributed by atoms with E-state index in [4.69, 9.17) is 16.4 Å². The predicted molar refractivity (Wildman–Crippen MR) is 87.9 cm³/mol. The van der Waals surface area contributed by atoms with Crippen LogP contribution in [0.5, 0.6) is 0 Å². The number of rotatable bonds is 7. The van der Waals surface area contributed by atoms with E-state index in [1.54, 1.807) is 4.57 Å². The van der Waals surface area contributed by atoms with Crippen LogP contribution in [0.4, 0.5) is 5.82 Å². The van der Waals surface area contributed by atoms with Crippen molar-refractivity contribution in [2.45, 2.75) is 31.0 Å². The van der Waals surface area contributed by atoms with Crippen molar-refractivity contribution < 1.29 is 19.8 Å². The summed E-state index contributed by atoms with van der Waals surface area (Å²) >= 11 is 0. The largest absolute Gasteiger partial charge is 0.387 e. The molecule has 3 heterocycles. The summed E-state index contributed by atoms with van der Waals surface area (Å²) in [4.78, 5) is 18.7. The molecule has 6 N–H and O–H groups in total. The molecule has 1 aliphatic heterocycles. The highest BCUT2D eigenvalue weighted by molar-refractivity contribution is 5.81. The van der Waals surface area contributed by atoms with E-state index in [2.05, 4.69) is 19.8 Å². The zero-order chi connectivity index (χ0) is 18.0. The molecular weight excluding hydrogens is 330 g/mol. The predicted octanol–water partition coefficient (Wildman–Crippen LogP) is -1.76. The van der Waals surface area contributed by atoms with Crippen LogP contribution in [0.2, 0.25) is 0 Å². The Morgan fingerprint density at radius 3 is 2.88 bits per heavy atom. The van der Waals surface area contributed by atoms with Crippen molar-refractivity contribution in [3.05, 3.63) is 12.7 Å². The zero-order valence-corrected chi connectivity index (χ0v) is 13.9. The molecule has 0 saturated carbocycles. The van der Waals surface area contributed by atoms with Gasteiger partial charge in [-0.3, -0.25) is 4.57 Å². The van der Waals surface area contributed by atoms with Crippen molar-refractivity contribution >= 4 is 17.0 Å². The molecule has 25 heavy (non-hydrogen) atoms. The smallest absolute Gasteiger partial charge is 0.167 e. The molecule has 0 spiro atoms. The van der Waals surface area contributed by atoms with Crippen LogP contribution in [-0.4, -0.2) is 79.7 Å². The highest BCUT2D eigenvalue weighted by Gasteiger charge is 2.44. The summed E-state index contributed by atoms with van der Waals surface area (Å²) in [5, 5.41) is 20.7. The Morgan fingerprint density at radius 1 is 1.32 bits per heavy atom. The molecule has 1 aliphatic rings. The van der Waals surface area contributed by atoms with Crippen LogP contribution in [0, 0.1) is 0 Å². The molecule has 2 aromatic heterocycles. The van der Waals surface area contributed by atoms with E-state index in [9.17, 15) is 10.2 Å². The number of nitrogen functional groups attached to an aromatic ring is 1. The third kappa shape index (κ3) is 3.56. The maximum atomic E-state index is 10.4. The molecule has 11 nitrogen and oxygen atoms in total. The maximum Gasteiger partial charge on any atom is 0.167 e. The summed E-state index contributed by atoms with van der Waals surface area (Å²) < 4.78 is 7.44. The van der Waals surface area contributed by atoms with Gasteiger partial charge in [0, 0.05) is 13.1 Å². The average Bonchev–Trinajstić information content (AvgIpc) is 3.13. The fraction of sp³-hybridized carbons (Fsp3) is 0.643. The Labute approximate surface area is 144 Å². The minimum atomic E-state index is -1.11. The fourth-order valence-corrected chi connectivity index (χ4v) is 2.98. The van der Waals surface area contributed by atoms with Crippen molar-refractivity contribution in [2.75, 3.05) is 32.5 Å². The number of aliphatic hydroxyl groups excluding tert-OH is 2. The van der Waals surface area contributed by atoms with Gasteiger partial charge >= 0.3 is 0 Å². The van der Waals surface area contributed by atoms with Gasteiger partial charge in [0.2, 0.25) is 0 Å².